The van der Waals surface area contributed by atoms with Crippen LogP contribution in [0.1, 0.15) is 32.6 Å². The van der Waals surface area contributed by atoms with E-state index in [2.05, 4.69) is 6.58 Å². The Morgan fingerprint density at radius 3 is 2.87 bits per heavy atom. The molecule has 1 aliphatic heterocycles. The molecule has 0 aromatic rings. The molecule has 1 heterocycles. The first kappa shape index (κ1) is 10.4. The SMILES string of the molecule is C=CC(=C(C)C(=O)O)C12CCCCC1O2. The largest absolute Gasteiger partial charge is 0.478 e. The number of carbonyl (C=O) groups is 1. The highest BCUT2D eigenvalue weighted by Gasteiger charge is 2.59. The van der Waals surface area contributed by atoms with E-state index < -0.39 is 5.97 Å². The molecule has 1 aliphatic carbocycles. The molecule has 2 fully saturated rings. The summed E-state index contributed by atoms with van der Waals surface area (Å²) < 4.78 is 5.70. The van der Waals surface area contributed by atoms with Gasteiger partial charge in [0, 0.05) is 5.57 Å². The number of ether oxygens (including phenoxy) is 1. The summed E-state index contributed by atoms with van der Waals surface area (Å²) in [4.78, 5) is 10.9. The van der Waals surface area contributed by atoms with E-state index >= 15 is 0 Å². The molecule has 3 nitrogen and oxygen atoms in total. The first-order chi connectivity index (χ1) is 7.12. The molecule has 0 aromatic heterocycles. The summed E-state index contributed by atoms with van der Waals surface area (Å²) in [6.07, 6.45) is 6.15. The molecule has 0 aromatic carbocycles. The van der Waals surface area contributed by atoms with Gasteiger partial charge in [-0.2, -0.15) is 0 Å². The third-order valence-corrected chi connectivity index (χ3v) is 3.46. The zero-order valence-corrected chi connectivity index (χ0v) is 8.95. The maximum atomic E-state index is 10.9. The second-order valence-corrected chi connectivity index (χ2v) is 4.29. The van der Waals surface area contributed by atoms with Crippen LogP contribution in [0.5, 0.6) is 0 Å². The second kappa shape index (κ2) is 3.49. The maximum Gasteiger partial charge on any atom is 0.331 e. The Kier molecular flexibility index (Phi) is 2.43. The molecule has 0 amide bonds. The van der Waals surface area contributed by atoms with E-state index in [1.165, 1.54) is 6.42 Å². The van der Waals surface area contributed by atoms with Crippen LogP contribution in [0.15, 0.2) is 23.8 Å². The Morgan fingerprint density at radius 1 is 1.60 bits per heavy atom. The highest BCUT2D eigenvalue weighted by Crippen LogP contribution is 2.53. The first-order valence-electron chi connectivity index (χ1n) is 5.36. The van der Waals surface area contributed by atoms with E-state index in [1.54, 1.807) is 13.0 Å². The fourth-order valence-corrected chi connectivity index (χ4v) is 2.58. The van der Waals surface area contributed by atoms with Gasteiger partial charge in [0.15, 0.2) is 0 Å². The van der Waals surface area contributed by atoms with Gasteiger partial charge in [-0.3, -0.25) is 0 Å². The Balaban J connectivity index is 2.32. The molecule has 1 saturated carbocycles. The fourth-order valence-electron chi connectivity index (χ4n) is 2.58. The van der Waals surface area contributed by atoms with Gasteiger partial charge in [-0.25, -0.2) is 4.79 Å². The molecule has 0 spiro atoms. The number of rotatable bonds is 3. The van der Waals surface area contributed by atoms with Crippen LogP contribution >= 0.6 is 0 Å². The molecule has 1 saturated heterocycles. The van der Waals surface area contributed by atoms with Crippen molar-refractivity contribution in [2.75, 3.05) is 0 Å². The minimum absolute atomic E-state index is 0.230. The van der Waals surface area contributed by atoms with Gasteiger partial charge in [-0.1, -0.05) is 25.5 Å². The molecule has 2 aliphatic rings. The number of fused-ring (bicyclic) bond motifs is 1. The number of aliphatic carboxylic acids is 1. The van der Waals surface area contributed by atoms with E-state index in [0.717, 1.165) is 24.8 Å². The van der Waals surface area contributed by atoms with Crippen molar-refractivity contribution in [2.45, 2.75) is 44.3 Å². The predicted molar refractivity (Wildman–Crippen MR) is 56.6 cm³/mol. The number of hydrogen-bond donors (Lipinski definition) is 1. The highest BCUT2D eigenvalue weighted by atomic mass is 16.6. The van der Waals surface area contributed by atoms with Crippen LogP contribution in [0, 0.1) is 0 Å². The zero-order chi connectivity index (χ0) is 11.1. The summed E-state index contributed by atoms with van der Waals surface area (Å²) in [5.74, 6) is -0.876. The molecule has 2 unspecified atom stereocenters. The van der Waals surface area contributed by atoms with Crippen molar-refractivity contribution in [1.29, 1.82) is 0 Å². The van der Waals surface area contributed by atoms with E-state index in [4.69, 9.17) is 9.84 Å². The molecule has 15 heavy (non-hydrogen) atoms. The molecule has 0 bridgehead atoms. The Hall–Kier alpha value is -1.09. The molecular weight excluding hydrogens is 192 g/mol. The smallest absolute Gasteiger partial charge is 0.331 e. The van der Waals surface area contributed by atoms with Crippen molar-refractivity contribution >= 4 is 5.97 Å². The van der Waals surface area contributed by atoms with Crippen molar-refractivity contribution < 1.29 is 14.6 Å². The van der Waals surface area contributed by atoms with Gasteiger partial charge in [0.2, 0.25) is 0 Å². The lowest BCUT2D eigenvalue weighted by Gasteiger charge is -2.19. The average molecular weight is 208 g/mol. The predicted octanol–water partition coefficient (Wildman–Crippen LogP) is 2.29. The lowest BCUT2D eigenvalue weighted by atomic mass is 9.81. The molecule has 2 atom stereocenters. The van der Waals surface area contributed by atoms with Crippen molar-refractivity contribution in [2.24, 2.45) is 0 Å². The summed E-state index contributed by atoms with van der Waals surface area (Å²) >= 11 is 0. The number of epoxide rings is 1. The maximum absolute atomic E-state index is 10.9. The van der Waals surface area contributed by atoms with E-state index in [-0.39, 0.29) is 11.7 Å². The fraction of sp³-hybridized carbons (Fsp3) is 0.583. The van der Waals surface area contributed by atoms with Crippen molar-refractivity contribution in [3.63, 3.8) is 0 Å². The van der Waals surface area contributed by atoms with Gasteiger partial charge >= 0.3 is 5.97 Å². The molecule has 0 radical (unpaired) electrons. The molecule has 82 valence electrons. The number of hydrogen-bond acceptors (Lipinski definition) is 2. The lowest BCUT2D eigenvalue weighted by Crippen LogP contribution is -2.23. The van der Waals surface area contributed by atoms with Crippen LogP contribution < -0.4 is 0 Å². The quantitative estimate of drug-likeness (QED) is 0.440. The van der Waals surface area contributed by atoms with Crippen LogP contribution in [-0.2, 0) is 9.53 Å². The molecule has 3 heteroatoms. The number of carboxylic acids is 1. The lowest BCUT2D eigenvalue weighted by molar-refractivity contribution is -0.132. The number of carboxylic acid groups (broad SMARTS) is 1. The van der Waals surface area contributed by atoms with Crippen LogP contribution in [0.4, 0.5) is 0 Å². The summed E-state index contributed by atoms with van der Waals surface area (Å²) in [6, 6.07) is 0. The summed E-state index contributed by atoms with van der Waals surface area (Å²) in [5, 5.41) is 8.99. The molecule has 1 N–H and O–H groups in total. The normalized spacial score (nSPS) is 35.1. The van der Waals surface area contributed by atoms with Crippen LogP contribution in [0.2, 0.25) is 0 Å². The molecule has 2 rings (SSSR count). The summed E-state index contributed by atoms with van der Waals surface area (Å²) in [6.45, 7) is 5.34. The van der Waals surface area contributed by atoms with E-state index in [0.29, 0.717) is 5.57 Å². The third kappa shape index (κ3) is 1.51. The van der Waals surface area contributed by atoms with Gasteiger partial charge in [0.05, 0.1) is 6.10 Å². The Labute approximate surface area is 89.4 Å². The Morgan fingerprint density at radius 2 is 2.33 bits per heavy atom. The summed E-state index contributed by atoms with van der Waals surface area (Å²) in [5.41, 5.74) is 0.844. The van der Waals surface area contributed by atoms with Crippen molar-refractivity contribution in [3.8, 4) is 0 Å². The van der Waals surface area contributed by atoms with Gasteiger partial charge in [0.1, 0.15) is 5.60 Å². The van der Waals surface area contributed by atoms with Crippen molar-refractivity contribution in [3.05, 3.63) is 23.8 Å². The minimum Gasteiger partial charge on any atom is -0.478 e. The van der Waals surface area contributed by atoms with Crippen LogP contribution in [0.25, 0.3) is 0 Å². The van der Waals surface area contributed by atoms with Gasteiger partial charge in [-0.05, 0) is 25.3 Å². The summed E-state index contributed by atoms with van der Waals surface area (Å²) in [7, 11) is 0. The van der Waals surface area contributed by atoms with E-state index in [9.17, 15) is 4.79 Å². The van der Waals surface area contributed by atoms with Gasteiger partial charge in [-0.15, -0.1) is 0 Å². The van der Waals surface area contributed by atoms with Gasteiger partial charge < -0.3 is 9.84 Å². The average Bonchev–Trinajstić information content (AvgIpc) is 2.93. The first-order valence-corrected chi connectivity index (χ1v) is 5.36. The monoisotopic (exact) mass is 208 g/mol. The van der Waals surface area contributed by atoms with Crippen LogP contribution in [0.3, 0.4) is 0 Å². The second-order valence-electron chi connectivity index (χ2n) is 4.29. The van der Waals surface area contributed by atoms with E-state index in [1.807, 2.05) is 0 Å². The van der Waals surface area contributed by atoms with Gasteiger partial charge in [0.25, 0.3) is 0 Å². The third-order valence-electron chi connectivity index (χ3n) is 3.46. The standard InChI is InChI=1S/C12H16O3/c1-3-9(8(2)11(13)14)12-7-5-4-6-10(12)15-12/h3,10H,1,4-7H2,2H3,(H,13,14). The van der Waals surface area contributed by atoms with Crippen LogP contribution in [-0.4, -0.2) is 22.8 Å². The van der Waals surface area contributed by atoms with Crippen molar-refractivity contribution in [1.82, 2.24) is 0 Å². The Bertz CT molecular complexity index is 343. The topological polar surface area (TPSA) is 49.8 Å². The zero-order valence-electron chi connectivity index (χ0n) is 8.95. The minimum atomic E-state index is -0.876. The molecular formula is C12H16O3. The highest BCUT2D eigenvalue weighted by molar-refractivity contribution is 5.88.